The molecule has 5 rings (SSSR count). The maximum Gasteiger partial charge on any atom is 0.258 e. The number of anilines is 1. The minimum atomic E-state index is -0.331. The molecule has 1 aromatic carbocycles. The van der Waals surface area contributed by atoms with Crippen LogP contribution in [-0.2, 0) is 4.74 Å². The highest BCUT2D eigenvalue weighted by Crippen LogP contribution is 2.43. The quantitative estimate of drug-likeness (QED) is 0.569. The molecule has 0 saturated carbocycles. The predicted octanol–water partition coefficient (Wildman–Crippen LogP) is 1.27. The molecular weight excluding hydrogens is 450 g/mol. The first-order valence-electron chi connectivity index (χ1n) is 11.7. The summed E-state index contributed by atoms with van der Waals surface area (Å²) in [5, 5.41) is 2.89. The molecule has 11 heteroatoms. The number of nitrogens with two attached hydrogens (primary N) is 1. The third-order valence-corrected chi connectivity index (χ3v) is 6.10. The van der Waals surface area contributed by atoms with Gasteiger partial charge in [0.2, 0.25) is 5.96 Å². The van der Waals surface area contributed by atoms with Gasteiger partial charge in [0.05, 0.1) is 33.5 Å². The molecule has 1 aromatic heterocycles. The molecule has 184 valence electrons. The second-order valence-electron chi connectivity index (χ2n) is 8.37. The van der Waals surface area contributed by atoms with Crippen LogP contribution in [-0.4, -0.2) is 92.1 Å². The summed E-state index contributed by atoms with van der Waals surface area (Å²) >= 11 is 0. The normalized spacial score (nSPS) is 17.2. The summed E-state index contributed by atoms with van der Waals surface area (Å²) < 4.78 is 17.2. The Morgan fingerprint density at radius 3 is 2.89 bits per heavy atom. The molecule has 0 atom stereocenters. The number of rotatable bonds is 7. The van der Waals surface area contributed by atoms with E-state index in [-0.39, 0.29) is 11.7 Å². The largest absolute Gasteiger partial charge is 0.491 e. The van der Waals surface area contributed by atoms with Gasteiger partial charge in [-0.2, -0.15) is 0 Å². The molecule has 1 amide bonds. The van der Waals surface area contributed by atoms with Gasteiger partial charge in [0.15, 0.2) is 11.5 Å². The maximum atomic E-state index is 12.9. The molecule has 1 fully saturated rings. The van der Waals surface area contributed by atoms with Crippen LogP contribution in [0, 0.1) is 0 Å². The molecule has 35 heavy (non-hydrogen) atoms. The van der Waals surface area contributed by atoms with E-state index in [1.165, 1.54) is 12.3 Å². The van der Waals surface area contributed by atoms with E-state index in [2.05, 4.69) is 20.2 Å². The Bertz CT molecular complexity index is 1160. The van der Waals surface area contributed by atoms with Crippen molar-refractivity contribution >= 4 is 29.2 Å². The fourth-order valence-corrected chi connectivity index (χ4v) is 4.36. The highest BCUT2D eigenvalue weighted by atomic mass is 16.5. The number of pyridine rings is 1. The van der Waals surface area contributed by atoms with E-state index < -0.39 is 0 Å². The zero-order valence-electron chi connectivity index (χ0n) is 19.7. The number of aromatic nitrogens is 1. The lowest BCUT2D eigenvalue weighted by Crippen LogP contribution is -2.47. The third kappa shape index (κ3) is 4.91. The van der Waals surface area contributed by atoms with Gasteiger partial charge in [-0.15, -0.1) is 0 Å². The van der Waals surface area contributed by atoms with Gasteiger partial charge >= 0.3 is 0 Å². The van der Waals surface area contributed by atoms with E-state index in [4.69, 9.17) is 24.9 Å². The number of nitrogens with zero attached hydrogens (tertiary/aromatic N) is 5. The van der Waals surface area contributed by atoms with E-state index in [0.29, 0.717) is 48.4 Å². The van der Waals surface area contributed by atoms with Crippen molar-refractivity contribution < 1.29 is 19.0 Å². The first-order valence-corrected chi connectivity index (χ1v) is 11.7. The van der Waals surface area contributed by atoms with Crippen LogP contribution in [0.5, 0.6) is 11.5 Å². The van der Waals surface area contributed by atoms with Gasteiger partial charge in [-0.3, -0.25) is 24.9 Å². The molecule has 1 saturated heterocycles. The SMILES string of the molecule is COc1c(OCCCN2CCOCC2)ccc2c1N=C(NC(=O)c1ccnc(N)c1)N1CCN=C21. The van der Waals surface area contributed by atoms with Crippen LogP contribution < -0.4 is 20.5 Å². The highest BCUT2D eigenvalue weighted by molar-refractivity contribution is 6.20. The number of carbonyl (C=O) groups is 1. The number of amides is 1. The lowest BCUT2D eigenvalue weighted by atomic mass is 10.1. The van der Waals surface area contributed by atoms with Gasteiger partial charge in [0.25, 0.3) is 5.91 Å². The van der Waals surface area contributed by atoms with Crippen molar-refractivity contribution in [1.82, 2.24) is 20.1 Å². The number of hydrogen-bond donors (Lipinski definition) is 2. The molecule has 11 nitrogen and oxygen atoms in total. The third-order valence-electron chi connectivity index (χ3n) is 6.10. The van der Waals surface area contributed by atoms with Crippen molar-refractivity contribution in [1.29, 1.82) is 0 Å². The molecule has 2 aromatic rings. The molecule has 0 aliphatic carbocycles. The molecule has 4 heterocycles. The molecule has 0 bridgehead atoms. The van der Waals surface area contributed by atoms with Crippen LogP contribution in [0.15, 0.2) is 40.4 Å². The number of methoxy groups -OCH3 is 1. The Morgan fingerprint density at radius 1 is 1.23 bits per heavy atom. The maximum absolute atomic E-state index is 12.9. The summed E-state index contributed by atoms with van der Waals surface area (Å²) in [5.41, 5.74) is 7.55. The molecule has 0 radical (unpaired) electrons. The number of nitrogens with one attached hydrogen (secondary N) is 1. The number of guanidine groups is 1. The van der Waals surface area contributed by atoms with Crippen molar-refractivity contribution in [3.05, 3.63) is 41.6 Å². The second kappa shape index (κ2) is 10.3. The number of carbonyl (C=O) groups excluding carboxylic acids is 1. The van der Waals surface area contributed by atoms with E-state index in [1.54, 1.807) is 13.2 Å². The minimum Gasteiger partial charge on any atom is -0.491 e. The lowest BCUT2D eigenvalue weighted by molar-refractivity contribution is 0.0357. The molecule has 0 unspecified atom stereocenters. The van der Waals surface area contributed by atoms with Gasteiger partial charge in [0, 0.05) is 43.5 Å². The number of ether oxygens (including phenoxy) is 3. The van der Waals surface area contributed by atoms with E-state index in [1.807, 2.05) is 17.0 Å². The van der Waals surface area contributed by atoms with Crippen LogP contribution in [0.4, 0.5) is 11.5 Å². The fourth-order valence-electron chi connectivity index (χ4n) is 4.36. The Kier molecular flexibility index (Phi) is 6.77. The topological polar surface area (TPSA) is 127 Å². The number of hydrogen-bond acceptors (Lipinski definition) is 10. The van der Waals surface area contributed by atoms with Crippen molar-refractivity contribution in [2.24, 2.45) is 9.98 Å². The number of amidine groups is 1. The summed E-state index contributed by atoms with van der Waals surface area (Å²) in [7, 11) is 1.59. The van der Waals surface area contributed by atoms with Crippen molar-refractivity contribution in [2.45, 2.75) is 6.42 Å². The summed E-state index contributed by atoms with van der Waals surface area (Å²) in [4.78, 5) is 30.5. The van der Waals surface area contributed by atoms with Gasteiger partial charge in [-0.1, -0.05) is 0 Å². The summed E-state index contributed by atoms with van der Waals surface area (Å²) in [5.74, 6) is 2.20. The van der Waals surface area contributed by atoms with Crippen LogP contribution in [0.25, 0.3) is 0 Å². The molecular formula is C24H29N7O4. The lowest BCUT2D eigenvalue weighted by Gasteiger charge is -2.29. The monoisotopic (exact) mass is 479 g/mol. The second-order valence-corrected chi connectivity index (χ2v) is 8.37. The standard InChI is InChI=1S/C24H29N7O4/c1-33-21-18(35-12-2-8-30-10-13-34-14-11-30)4-3-17-20(21)28-24(31-9-7-27-22(17)31)29-23(32)16-5-6-26-19(25)15-16/h3-6,15H,2,7-14H2,1H3,(H2,25,26)(H,28,29,32). The van der Waals surface area contributed by atoms with Gasteiger partial charge < -0.3 is 19.9 Å². The highest BCUT2D eigenvalue weighted by Gasteiger charge is 2.33. The van der Waals surface area contributed by atoms with E-state index in [0.717, 1.165) is 50.7 Å². The number of aliphatic imine (C=N–C) groups is 2. The Morgan fingerprint density at radius 2 is 2.09 bits per heavy atom. The fraction of sp³-hybridized carbons (Fsp3) is 0.417. The smallest absolute Gasteiger partial charge is 0.258 e. The minimum absolute atomic E-state index is 0.272. The number of benzene rings is 1. The van der Waals surface area contributed by atoms with E-state index >= 15 is 0 Å². The molecule has 3 aliphatic heterocycles. The Hall–Kier alpha value is -3.70. The first-order chi connectivity index (χ1) is 17.1. The van der Waals surface area contributed by atoms with Gasteiger partial charge in [0.1, 0.15) is 17.3 Å². The van der Waals surface area contributed by atoms with Crippen LogP contribution >= 0.6 is 0 Å². The Balaban J connectivity index is 1.35. The van der Waals surface area contributed by atoms with Crippen LogP contribution in [0.1, 0.15) is 22.3 Å². The number of fused-ring (bicyclic) bond motifs is 3. The molecule has 0 spiro atoms. The summed E-state index contributed by atoms with van der Waals surface area (Å²) in [6.45, 7) is 6.21. The first kappa shape index (κ1) is 23.1. The van der Waals surface area contributed by atoms with Gasteiger partial charge in [-0.25, -0.2) is 9.98 Å². The Labute approximate surface area is 203 Å². The van der Waals surface area contributed by atoms with E-state index in [9.17, 15) is 4.79 Å². The van der Waals surface area contributed by atoms with Crippen molar-refractivity contribution in [2.75, 3.05) is 65.4 Å². The van der Waals surface area contributed by atoms with Gasteiger partial charge in [-0.05, 0) is 30.7 Å². The predicted molar refractivity (Wildman–Crippen MR) is 132 cm³/mol. The zero-order valence-corrected chi connectivity index (χ0v) is 19.7. The number of nitrogen functional groups attached to an aromatic ring is 1. The summed E-state index contributed by atoms with van der Waals surface area (Å²) in [6, 6.07) is 6.96. The zero-order chi connectivity index (χ0) is 24.2. The number of morpholine rings is 1. The average Bonchev–Trinajstić information content (AvgIpc) is 3.38. The van der Waals surface area contributed by atoms with Crippen molar-refractivity contribution in [3.8, 4) is 11.5 Å². The average molecular weight is 480 g/mol. The van der Waals surface area contributed by atoms with Crippen LogP contribution in [0.2, 0.25) is 0 Å². The van der Waals surface area contributed by atoms with Crippen LogP contribution in [0.3, 0.4) is 0 Å². The molecule has 3 N–H and O–H groups in total. The molecule has 3 aliphatic rings. The van der Waals surface area contributed by atoms with Crippen molar-refractivity contribution in [3.63, 3.8) is 0 Å². The summed E-state index contributed by atoms with van der Waals surface area (Å²) in [6.07, 6.45) is 2.39.